The summed E-state index contributed by atoms with van der Waals surface area (Å²) in [6.45, 7) is 0. The molecule has 0 atom stereocenters. The molecule has 1 aromatic heterocycles. The minimum atomic E-state index is -3.23. The van der Waals surface area contributed by atoms with Crippen molar-refractivity contribution in [1.82, 2.24) is 0 Å². The molecule has 0 fully saturated rings. The largest absolute Gasteiger partial charge is 0.504 e. The fourth-order valence-corrected chi connectivity index (χ4v) is 2.39. The number of hydrogen-bond donors (Lipinski definition) is 1. The predicted octanol–water partition coefficient (Wildman–Crippen LogP) is 4.69. The van der Waals surface area contributed by atoms with Gasteiger partial charge in [-0.1, -0.05) is 36.4 Å². The van der Waals surface area contributed by atoms with Crippen molar-refractivity contribution in [1.29, 1.82) is 0 Å². The van der Waals surface area contributed by atoms with E-state index in [1.165, 1.54) is 24.5 Å². The van der Waals surface area contributed by atoms with Crippen molar-refractivity contribution in [2.24, 2.45) is 0 Å². The van der Waals surface area contributed by atoms with Gasteiger partial charge < -0.3 is 9.52 Å². The first-order valence-electron chi connectivity index (χ1n) is 6.86. The zero-order chi connectivity index (χ0) is 16.4. The Morgan fingerprint density at radius 3 is 2.39 bits per heavy atom. The van der Waals surface area contributed by atoms with Crippen LogP contribution in [0.4, 0.5) is 8.78 Å². The number of allylic oxidation sites excluding steroid dienone is 1. The predicted molar refractivity (Wildman–Crippen MR) is 83.1 cm³/mol. The summed E-state index contributed by atoms with van der Waals surface area (Å²) in [6, 6.07) is 15.0. The average Bonchev–Trinajstić information content (AvgIpc) is 3.09. The fourth-order valence-electron chi connectivity index (χ4n) is 2.39. The zero-order valence-electron chi connectivity index (χ0n) is 11.9. The number of aliphatic hydroxyl groups is 1. The van der Waals surface area contributed by atoms with Crippen LogP contribution < -0.4 is 0 Å². The molecule has 0 aliphatic rings. The fraction of sp³-hybridized carbons (Fsp3) is 0.0556. The summed E-state index contributed by atoms with van der Waals surface area (Å²) < 4.78 is 30.9. The number of alkyl halides is 2. The zero-order valence-corrected chi connectivity index (χ0v) is 11.9. The quantitative estimate of drug-likeness (QED) is 0.561. The van der Waals surface area contributed by atoms with Crippen LogP contribution in [-0.4, -0.2) is 17.3 Å². The normalized spacial score (nSPS) is 12.5. The number of carbonyl (C=O) groups is 1. The number of fused-ring (bicyclic) bond motifs is 1. The Morgan fingerprint density at radius 1 is 1.00 bits per heavy atom. The van der Waals surface area contributed by atoms with Crippen molar-refractivity contribution in [3.63, 3.8) is 0 Å². The lowest BCUT2D eigenvalue weighted by atomic mass is 9.96. The van der Waals surface area contributed by atoms with Gasteiger partial charge in [-0.25, -0.2) is 8.78 Å². The molecular weight excluding hydrogens is 302 g/mol. The van der Waals surface area contributed by atoms with E-state index >= 15 is 0 Å². The van der Waals surface area contributed by atoms with Gasteiger partial charge in [0.25, 0.3) is 0 Å². The van der Waals surface area contributed by atoms with Crippen LogP contribution in [0.1, 0.15) is 11.3 Å². The maximum absolute atomic E-state index is 13.0. The second-order valence-corrected chi connectivity index (χ2v) is 4.93. The molecule has 3 nitrogen and oxygen atoms in total. The summed E-state index contributed by atoms with van der Waals surface area (Å²) in [6.07, 6.45) is -1.94. The van der Waals surface area contributed by atoms with Gasteiger partial charge in [-0.15, -0.1) is 0 Å². The second kappa shape index (κ2) is 6.04. The van der Waals surface area contributed by atoms with Gasteiger partial charge in [-0.05, 0) is 34.5 Å². The Hall–Kier alpha value is -2.95. The molecule has 0 aliphatic heterocycles. The molecule has 2 aromatic carbocycles. The number of carbonyl (C=O) groups excluding carboxylic acids is 1. The molecule has 0 saturated heterocycles. The lowest BCUT2D eigenvalue weighted by Crippen LogP contribution is -2.14. The summed E-state index contributed by atoms with van der Waals surface area (Å²) in [5.74, 6) is -2.09. The Labute approximate surface area is 130 Å². The summed E-state index contributed by atoms with van der Waals surface area (Å²) >= 11 is 0. The number of benzene rings is 2. The van der Waals surface area contributed by atoms with Crippen LogP contribution in [0.15, 0.2) is 65.3 Å². The number of hydrogen-bond acceptors (Lipinski definition) is 3. The molecule has 0 amide bonds. The maximum atomic E-state index is 13.0. The highest BCUT2D eigenvalue weighted by molar-refractivity contribution is 6.28. The van der Waals surface area contributed by atoms with Gasteiger partial charge in [0.2, 0.25) is 5.78 Å². The number of furan rings is 1. The highest BCUT2D eigenvalue weighted by atomic mass is 19.3. The summed E-state index contributed by atoms with van der Waals surface area (Å²) in [5, 5.41) is 11.9. The van der Waals surface area contributed by atoms with E-state index in [4.69, 9.17) is 4.42 Å². The third kappa shape index (κ3) is 2.85. The Kier molecular flexibility index (Phi) is 3.93. The second-order valence-electron chi connectivity index (χ2n) is 4.93. The minimum Gasteiger partial charge on any atom is -0.504 e. The highest BCUT2D eigenvalue weighted by Gasteiger charge is 2.27. The van der Waals surface area contributed by atoms with Gasteiger partial charge in [-0.2, -0.15) is 0 Å². The number of halogens is 2. The van der Waals surface area contributed by atoms with Crippen molar-refractivity contribution >= 4 is 27.9 Å². The SMILES string of the molecule is O=C(/C(=C(/O)c1ccco1)c1ccc2ccccc2c1)C(F)F. The van der Waals surface area contributed by atoms with Crippen LogP contribution in [0.25, 0.3) is 22.1 Å². The molecule has 0 spiro atoms. The molecule has 1 N–H and O–H groups in total. The van der Waals surface area contributed by atoms with E-state index in [1.807, 2.05) is 12.1 Å². The molecule has 0 saturated carbocycles. The number of ketones is 1. The van der Waals surface area contributed by atoms with Crippen molar-refractivity contribution in [2.75, 3.05) is 0 Å². The van der Waals surface area contributed by atoms with Gasteiger partial charge in [0.1, 0.15) is 0 Å². The Bertz CT molecular complexity index is 880. The van der Waals surface area contributed by atoms with Crippen LogP contribution in [0.5, 0.6) is 0 Å². The lowest BCUT2D eigenvalue weighted by Gasteiger charge is -2.10. The van der Waals surface area contributed by atoms with Gasteiger partial charge >= 0.3 is 6.43 Å². The summed E-state index contributed by atoms with van der Waals surface area (Å²) in [7, 11) is 0. The lowest BCUT2D eigenvalue weighted by molar-refractivity contribution is -0.123. The standard InChI is InChI=1S/C18H12F2O3/c19-18(20)17(22)15(16(21)14-6-3-9-23-14)13-8-7-11-4-1-2-5-12(11)10-13/h1-10,18,21H/b16-15+. The van der Waals surface area contributed by atoms with Gasteiger partial charge in [0.15, 0.2) is 11.5 Å². The van der Waals surface area contributed by atoms with E-state index in [-0.39, 0.29) is 11.3 Å². The molecule has 0 aliphatic carbocycles. The van der Waals surface area contributed by atoms with Crippen LogP contribution in [-0.2, 0) is 4.79 Å². The van der Waals surface area contributed by atoms with Crippen LogP contribution >= 0.6 is 0 Å². The van der Waals surface area contributed by atoms with E-state index in [0.29, 0.717) is 0 Å². The summed E-state index contributed by atoms with van der Waals surface area (Å²) in [5.41, 5.74) is -0.247. The smallest absolute Gasteiger partial charge is 0.300 e. The number of aliphatic hydroxyl groups excluding tert-OH is 1. The monoisotopic (exact) mass is 314 g/mol. The van der Waals surface area contributed by atoms with E-state index in [9.17, 15) is 18.7 Å². The summed E-state index contributed by atoms with van der Waals surface area (Å²) in [4.78, 5) is 11.9. The first-order chi connectivity index (χ1) is 11.1. The van der Waals surface area contributed by atoms with E-state index in [2.05, 4.69) is 0 Å². The third-order valence-corrected chi connectivity index (χ3v) is 3.47. The van der Waals surface area contributed by atoms with E-state index in [0.717, 1.165) is 10.8 Å². The van der Waals surface area contributed by atoms with Crippen molar-refractivity contribution in [2.45, 2.75) is 6.43 Å². The first-order valence-corrected chi connectivity index (χ1v) is 6.86. The third-order valence-electron chi connectivity index (χ3n) is 3.47. The molecule has 0 radical (unpaired) electrons. The Balaban J connectivity index is 2.21. The minimum absolute atomic E-state index is 0.0397. The molecule has 0 unspecified atom stereocenters. The van der Waals surface area contributed by atoms with Crippen LogP contribution in [0.3, 0.4) is 0 Å². The van der Waals surface area contributed by atoms with Crippen LogP contribution in [0.2, 0.25) is 0 Å². The van der Waals surface area contributed by atoms with Crippen molar-refractivity contribution in [3.8, 4) is 0 Å². The van der Waals surface area contributed by atoms with Gasteiger partial charge in [0.05, 0.1) is 11.8 Å². The highest BCUT2D eigenvalue weighted by Crippen LogP contribution is 2.29. The molecule has 3 aromatic rings. The Morgan fingerprint density at radius 2 is 1.74 bits per heavy atom. The van der Waals surface area contributed by atoms with E-state index < -0.39 is 23.5 Å². The molecule has 116 valence electrons. The molecule has 5 heteroatoms. The molecule has 3 rings (SSSR count). The van der Waals surface area contributed by atoms with Crippen molar-refractivity contribution < 1.29 is 23.1 Å². The topological polar surface area (TPSA) is 50.4 Å². The number of Topliss-reactive ketones (excluding diaryl/α,β-unsaturated/α-hetero) is 1. The van der Waals surface area contributed by atoms with E-state index in [1.54, 1.807) is 24.3 Å². The van der Waals surface area contributed by atoms with Crippen molar-refractivity contribution in [3.05, 3.63) is 72.2 Å². The van der Waals surface area contributed by atoms with Crippen LogP contribution in [0, 0.1) is 0 Å². The number of rotatable bonds is 4. The van der Waals surface area contributed by atoms with Gasteiger partial charge in [0, 0.05) is 0 Å². The molecule has 0 bridgehead atoms. The average molecular weight is 314 g/mol. The molecular formula is C18H12F2O3. The molecule has 1 heterocycles. The first kappa shape index (κ1) is 15.0. The maximum Gasteiger partial charge on any atom is 0.300 e. The van der Waals surface area contributed by atoms with Gasteiger partial charge in [-0.3, -0.25) is 4.79 Å². The molecule has 23 heavy (non-hydrogen) atoms.